The second kappa shape index (κ2) is 10.3. The molecule has 1 unspecified atom stereocenters. The van der Waals surface area contributed by atoms with Gasteiger partial charge in [-0.2, -0.15) is 0 Å². The van der Waals surface area contributed by atoms with Crippen molar-refractivity contribution in [2.45, 2.75) is 12.8 Å². The number of allylic oxidation sites excluding steroid dienone is 1. The van der Waals surface area contributed by atoms with Crippen LogP contribution in [0.5, 0.6) is 5.75 Å². The Hall–Kier alpha value is -2.79. The van der Waals surface area contributed by atoms with Crippen LogP contribution in [0.4, 0.5) is 5.69 Å². The third-order valence-electron chi connectivity index (χ3n) is 4.30. The van der Waals surface area contributed by atoms with Crippen LogP contribution in [0.3, 0.4) is 0 Å². The Balaban J connectivity index is 1.81. The molecule has 0 saturated carbocycles. The van der Waals surface area contributed by atoms with Gasteiger partial charge in [0.15, 0.2) is 0 Å². The van der Waals surface area contributed by atoms with Crippen LogP contribution in [0, 0.1) is 5.41 Å². The van der Waals surface area contributed by atoms with E-state index in [-0.39, 0.29) is 0 Å². The summed E-state index contributed by atoms with van der Waals surface area (Å²) >= 11 is 0. The van der Waals surface area contributed by atoms with Crippen molar-refractivity contribution in [1.29, 1.82) is 5.41 Å². The maximum absolute atomic E-state index is 7.42. The van der Waals surface area contributed by atoms with Gasteiger partial charge in [0.2, 0.25) is 0 Å². The van der Waals surface area contributed by atoms with E-state index in [0.29, 0.717) is 17.2 Å². The van der Waals surface area contributed by atoms with E-state index in [4.69, 9.17) is 15.9 Å². The predicted molar refractivity (Wildman–Crippen MR) is 110 cm³/mol. The molecule has 0 fully saturated rings. The molecule has 0 aromatic heterocycles. The first-order valence-corrected chi connectivity index (χ1v) is 8.80. The molecule has 0 amide bonds. The summed E-state index contributed by atoms with van der Waals surface area (Å²) in [6.07, 6.45) is 2.64. The molecular formula is C21H28N4O. The molecule has 2 rings (SSSR count). The van der Waals surface area contributed by atoms with Crippen molar-refractivity contribution >= 4 is 17.5 Å². The van der Waals surface area contributed by atoms with Crippen LogP contribution < -0.4 is 21.1 Å². The minimum atomic E-state index is 0.484. The van der Waals surface area contributed by atoms with Crippen molar-refractivity contribution in [3.63, 3.8) is 0 Å². The monoisotopic (exact) mass is 352 g/mol. The van der Waals surface area contributed by atoms with Crippen LogP contribution >= 0.6 is 0 Å². The summed E-state index contributed by atoms with van der Waals surface area (Å²) in [5.74, 6) is 1.18. The Kier molecular flexibility index (Phi) is 7.71. The van der Waals surface area contributed by atoms with E-state index < -0.39 is 0 Å². The summed E-state index contributed by atoms with van der Waals surface area (Å²) in [4.78, 5) is 0. The number of anilines is 1. The SMILES string of the molecule is COc1cc(NCCNCC(C)c2ccccc2)ccc1/C(C=N)=C/N. The molecule has 5 heteroatoms. The zero-order valence-electron chi connectivity index (χ0n) is 15.5. The number of hydrogen-bond donors (Lipinski definition) is 4. The Morgan fingerprint density at radius 1 is 1.19 bits per heavy atom. The van der Waals surface area contributed by atoms with Crippen molar-refractivity contribution in [3.05, 3.63) is 65.9 Å². The van der Waals surface area contributed by atoms with Gasteiger partial charge in [-0.25, -0.2) is 0 Å². The van der Waals surface area contributed by atoms with Crippen LogP contribution in [0.2, 0.25) is 0 Å². The smallest absolute Gasteiger partial charge is 0.128 e. The van der Waals surface area contributed by atoms with Crippen LogP contribution in [0.25, 0.3) is 5.57 Å². The number of methoxy groups -OCH3 is 1. The van der Waals surface area contributed by atoms with Gasteiger partial charge in [-0.3, -0.25) is 0 Å². The number of hydrogen-bond acceptors (Lipinski definition) is 5. The van der Waals surface area contributed by atoms with Gasteiger partial charge < -0.3 is 26.5 Å². The summed E-state index contributed by atoms with van der Waals surface area (Å²) in [7, 11) is 1.62. The maximum atomic E-state index is 7.42. The fourth-order valence-electron chi connectivity index (χ4n) is 2.77. The zero-order valence-corrected chi connectivity index (χ0v) is 15.5. The lowest BCUT2D eigenvalue weighted by Crippen LogP contribution is -2.26. The minimum absolute atomic E-state index is 0.484. The van der Waals surface area contributed by atoms with Crippen LogP contribution in [0.15, 0.2) is 54.7 Å². The number of rotatable bonds is 10. The first-order valence-electron chi connectivity index (χ1n) is 8.80. The molecule has 0 bridgehead atoms. The highest BCUT2D eigenvalue weighted by molar-refractivity contribution is 6.09. The molecule has 5 N–H and O–H groups in total. The topological polar surface area (TPSA) is 83.2 Å². The lowest BCUT2D eigenvalue weighted by atomic mass is 10.0. The highest BCUT2D eigenvalue weighted by Crippen LogP contribution is 2.27. The molecular weight excluding hydrogens is 324 g/mol. The van der Waals surface area contributed by atoms with Crippen LogP contribution in [-0.4, -0.2) is 33.0 Å². The average Bonchev–Trinajstić information content (AvgIpc) is 2.69. The summed E-state index contributed by atoms with van der Waals surface area (Å²) in [5, 5.41) is 14.3. The lowest BCUT2D eigenvalue weighted by Gasteiger charge is -2.15. The first-order chi connectivity index (χ1) is 12.7. The Morgan fingerprint density at radius 2 is 1.96 bits per heavy atom. The summed E-state index contributed by atoms with van der Waals surface area (Å²) in [5.41, 5.74) is 9.33. The predicted octanol–water partition coefficient (Wildman–Crippen LogP) is 3.45. The number of nitrogens with one attached hydrogen (secondary N) is 3. The fourth-order valence-corrected chi connectivity index (χ4v) is 2.77. The molecule has 0 aliphatic heterocycles. The van der Waals surface area contributed by atoms with E-state index in [0.717, 1.165) is 30.9 Å². The van der Waals surface area contributed by atoms with Gasteiger partial charge in [-0.1, -0.05) is 37.3 Å². The van der Waals surface area contributed by atoms with Gasteiger partial charge >= 0.3 is 0 Å². The highest BCUT2D eigenvalue weighted by Gasteiger charge is 2.08. The van der Waals surface area contributed by atoms with E-state index in [2.05, 4.69) is 41.8 Å². The number of ether oxygens (including phenoxy) is 1. The average molecular weight is 352 g/mol. The van der Waals surface area contributed by atoms with Crippen molar-refractivity contribution in [2.75, 3.05) is 32.1 Å². The number of nitrogens with two attached hydrogens (primary N) is 1. The minimum Gasteiger partial charge on any atom is -0.496 e. The van der Waals surface area contributed by atoms with Gasteiger partial charge in [-0.05, 0) is 23.6 Å². The van der Waals surface area contributed by atoms with Gasteiger partial charge in [0.25, 0.3) is 0 Å². The van der Waals surface area contributed by atoms with Crippen molar-refractivity contribution < 1.29 is 4.74 Å². The molecule has 5 nitrogen and oxygen atoms in total. The molecule has 138 valence electrons. The zero-order chi connectivity index (χ0) is 18.8. The van der Waals surface area contributed by atoms with Gasteiger partial charge in [0, 0.05) is 54.9 Å². The van der Waals surface area contributed by atoms with E-state index in [1.165, 1.54) is 18.0 Å². The largest absolute Gasteiger partial charge is 0.496 e. The van der Waals surface area contributed by atoms with Gasteiger partial charge in [0.05, 0.1) is 7.11 Å². The molecule has 0 saturated heterocycles. The Morgan fingerprint density at radius 3 is 2.62 bits per heavy atom. The van der Waals surface area contributed by atoms with Crippen LogP contribution in [0.1, 0.15) is 24.0 Å². The quantitative estimate of drug-likeness (QED) is 0.390. The molecule has 2 aromatic carbocycles. The van der Waals surface area contributed by atoms with Crippen molar-refractivity contribution in [1.82, 2.24) is 5.32 Å². The second-order valence-corrected chi connectivity index (χ2v) is 6.12. The Bertz CT molecular complexity index is 728. The third kappa shape index (κ3) is 5.36. The standard InChI is InChI=1S/C21H28N4O/c1-16(17-6-4-3-5-7-17)15-24-10-11-25-19-8-9-20(18(13-22)14-23)21(12-19)26-2/h3-9,12-14,16,22,24-25H,10-11,15,23H2,1-2H3/b18-14+,22-13?. The van der Waals surface area contributed by atoms with E-state index in [1.807, 2.05) is 24.3 Å². The highest BCUT2D eigenvalue weighted by atomic mass is 16.5. The molecule has 0 aliphatic rings. The number of benzene rings is 2. The molecule has 0 radical (unpaired) electrons. The fraction of sp³-hybridized carbons (Fsp3) is 0.286. The molecule has 2 aromatic rings. The molecule has 1 atom stereocenters. The summed E-state index contributed by atoms with van der Waals surface area (Å²) in [6, 6.07) is 16.3. The lowest BCUT2D eigenvalue weighted by molar-refractivity contribution is 0.414. The summed E-state index contributed by atoms with van der Waals surface area (Å²) < 4.78 is 5.42. The molecule has 0 heterocycles. The normalized spacial score (nSPS) is 12.5. The Labute approximate surface area is 155 Å². The second-order valence-electron chi connectivity index (χ2n) is 6.12. The maximum Gasteiger partial charge on any atom is 0.128 e. The van der Waals surface area contributed by atoms with Gasteiger partial charge in [0.1, 0.15) is 5.75 Å². The summed E-state index contributed by atoms with van der Waals surface area (Å²) in [6.45, 7) is 4.85. The van der Waals surface area contributed by atoms with Crippen molar-refractivity contribution in [3.8, 4) is 5.75 Å². The molecule has 0 spiro atoms. The molecule has 0 aliphatic carbocycles. The first kappa shape index (κ1) is 19.5. The van der Waals surface area contributed by atoms with E-state index in [1.54, 1.807) is 7.11 Å². The van der Waals surface area contributed by atoms with E-state index >= 15 is 0 Å². The van der Waals surface area contributed by atoms with E-state index in [9.17, 15) is 0 Å². The van der Waals surface area contributed by atoms with Crippen LogP contribution in [-0.2, 0) is 0 Å². The third-order valence-corrected chi connectivity index (χ3v) is 4.30. The van der Waals surface area contributed by atoms with Crippen molar-refractivity contribution in [2.24, 2.45) is 5.73 Å². The molecule has 26 heavy (non-hydrogen) atoms. The van der Waals surface area contributed by atoms with Gasteiger partial charge in [-0.15, -0.1) is 0 Å².